The molecule has 2 rings (SSSR count). The number of anilines is 1. The molecular formula is C14H12BrF2N5O5. The molecule has 0 unspecified atom stereocenters. The lowest BCUT2D eigenvalue weighted by Gasteiger charge is -2.08. The Balaban J connectivity index is 2.30. The monoisotopic (exact) mass is 447 g/mol. The normalized spacial score (nSPS) is 10.9. The van der Waals surface area contributed by atoms with Crippen LogP contribution >= 0.6 is 15.9 Å². The van der Waals surface area contributed by atoms with E-state index in [1.54, 1.807) is 0 Å². The van der Waals surface area contributed by atoms with Crippen LogP contribution in [0.1, 0.15) is 23.4 Å². The van der Waals surface area contributed by atoms with E-state index in [9.17, 15) is 33.8 Å². The molecule has 1 amide bonds. The van der Waals surface area contributed by atoms with Crippen LogP contribution in [0.3, 0.4) is 0 Å². The number of benzene rings is 1. The minimum atomic E-state index is -2.84. The van der Waals surface area contributed by atoms with E-state index in [0.717, 1.165) is 16.8 Å². The number of aromatic nitrogens is 2. The average molecular weight is 448 g/mol. The summed E-state index contributed by atoms with van der Waals surface area (Å²) in [6.45, 7) is 2.22. The van der Waals surface area contributed by atoms with Crippen molar-refractivity contribution >= 4 is 38.9 Å². The number of halogens is 3. The second kappa shape index (κ2) is 7.73. The highest BCUT2D eigenvalue weighted by Gasteiger charge is 2.25. The van der Waals surface area contributed by atoms with E-state index in [1.807, 2.05) is 0 Å². The Morgan fingerprint density at radius 1 is 1.26 bits per heavy atom. The fourth-order valence-electron chi connectivity index (χ4n) is 2.31. The number of amides is 1. The second-order valence-corrected chi connectivity index (χ2v) is 6.24. The zero-order chi connectivity index (χ0) is 20.5. The Morgan fingerprint density at radius 2 is 1.78 bits per heavy atom. The lowest BCUT2D eigenvalue weighted by molar-refractivity contribution is -0.395. The lowest BCUT2D eigenvalue weighted by atomic mass is 10.1. The molecule has 1 aromatic carbocycles. The topological polar surface area (TPSA) is 133 Å². The molecule has 0 saturated heterocycles. The summed E-state index contributed by atoms with van der Waals surface area (Å²) < 4.78 is 26.8. The molecule has 0 saturated carbocycles. The van der Waals surface area contributed by atoms with E-state index >= 15 is 0 Å². The molecule has 0 fully saturated rings. The number of nitrogens with zero attached hydrogens (tertiary/aromatic N) is 4. The molecule has 27 heavy (non-hydrogen) atoms. The van der Waals surface area contributed by atoms with Crippen LogP contribution in [-0.4, -0.2) is 25.5 Å². The summed E-state index contributed by atoms with van der Waals surface area (Å²) in [6.07, 6.45) is -2.84. The van der Waals surface area contributed by atoms with Crippen LogP contribution in [0.2, 0.25) is 0 Å². The van der Waals surface area contributed by atoms with Crippen molar-refractivity contribution < 1.29 is 23.4 Å². The number of carbonyl (C=O) groups excluding carboxylic acids is 1. The van der Waals surface area contributed by atoms with Gasteiger partial charge in [-0.05, 0) is 29.8 Å². The largest absolute Gasteiger partial charge is 0.324 e. The first-order valence-electron chi connectivity index (χ1n) is 7.27. The van der Waals surface area contributed by atoms with Gasteiger partial charge in [0.25, 0.3) is 17.8 Å². The Kier molecular flexibility index (Phi) is 5.83. The van der Waals surface area contributed by atoms with Crippen molar-refractivity contribution in [1.82, 2.24) is 9.78 Å². The first-order valence-corrected chi connectivity index (χ1v) is 8.06. The SMILES string of the molecule is Cc1c([N+](=O)[O-])cc(NC(=O)Cn2nc(C(F)F)c(Br)c2C)cc1[N+](=O)[O-]. The van der Waals surface area contributed by atoms with Gasteiger partial charge in [0.15, 0.2) is 0 Å². The number of rotatable bonds is 6. The van der Waals surface area contributed by atoms with Crippen LogP contribution in [0.15, 0.2) is 16.6 Å². The predicted octanol–water partition coefficient (Wildman–Crippen LogP) is 3.66. The highest BCUT2D eigenvalue weighted by molar-refractivity contribution is 9.10. The molecule has 1 N–H and O–H groups in total. The molecule has 0 bridgehead atoms. The first-order chi connectivity index (χ1) is 12.5. The maximum atomic E-state index is 12.8. The third-order valence-corrected chi connectivity index (χ3v) is 4.67. The quantitative estimate of drug-likeness (QED) is 0.530. The number of carbonyl (C=O) groups is 1. The highest BCUT2D eigenvalue weighted by Crippen LogP contribution is 2.32. The molecule has 144 valence electrons. The Bertz CT molecular complexity index is 911. The van der Waals surface area contributed by atoms with Crippen molar-refractivity contribution in [2.24, 2.45) is 0 Å². The summed E-state index contributed by atoms with van der Waals surface area (Å²) in [5.41, 5.74) is -1.63. The molecule has 0 aliphatic rings. The van der Waals surface area contributed by atoms with Gasteiger partial charge in [0.2, 0.25) is 5.91 Å². The van der Waals surface area contributed by atoms with E-state index in [1.165, 1.54) is 13.8 Å². The second-order valence-electron chi connectivity index (χ2n) is 5.44. The predicted molar refractivity (Wildman–Crippen MR) is 92.7 cm³/mol. The van der Waals surface area contributed by atoms with E-state index in [0.29, 0.717) is 0 Å². The van der Waals surface area contributed by atoms with E-state index < -0.39 is 45.8 Å². The van der Waals surface area contributed by atoms with Crippen molar-refractivity contribution in [2.45, 2.75) is 26.8 Å². The molecule has 2 aromatic rings. The summed E-state index contributed by atoms with van der Waals surface area (Å²) in [6, 6.07) is 1.97. The fraction of sp³-hybridized carbons (Fsp3) is 0.286. The van der Waals surface area contributed by atoms with Gasteiger partial charge in [0, 0.05) is 12.1 Å². The van der Waals surface area contributed by atoms with Crippen LogP contribution in [0.4, 0.5) is 25.8 Å². The molecule has 10 nitrogen and oxygen atoms in total. The summed E-state index contributed by atoms with van der Waals surface area (Å²) in [7, 11) is 0. The van der Waals surface area contributed by atoms with Crippen molar-refractivity contribution in [3.8, 4) is 0 Å². The van der Waals surface area contributed by atoms with Crippen molar-refractivity contribution in [3.63, 3.8) is 0 Å². The van der Waals surface area contributed by atoms with Crippen LogP contribution in [0.5, 0.6) is 0 Å². The van der Waals surface area contributed by atoms with E-state index in [-0.39, 0.29) is 21.4 Å². The molecule has 1 aromatic heterocycles. The minimum absolute atomic E-state index is 0.0620. The van der Waals surface area contributed by atoms with E-state index in [2.05, 4.69) is 26.3 Å². The molecule has 13 heteroatoms. The average Bonchev–Trinajstić information content (AvgIpc) is 2.84. The van der Waals surface area contributed by atoms with Gasteiger partial charge in [-0.15, -0.1) is 0 Å². The molecule has 0 aliphatic carbocycles. The van der Waals surface area contributed by atoms with Gasteiger partial charge in [0.05, 0.1) is 25.7 Å². The zero-order valence-corrected chi connectivity index (χ0v) is 15.5. The standard InChI is InChI=1S/C14H12BrF2N5O5/c1-6-9(21(24)25)3-8(4-10(6)22(26)27)18-11(23)5-20-7(2)12(15)13(19-20)14(16)17/h3-4,14H,5H2,1-2H3,(H,18,23). The summed E-state index contributed by atoms with van der Waals surface area (Å²) in [5.74, 6) is -0.749. The Labute approximate surface area is 158 Å². The minimum Gasteiger partial charge on any atom is -0.324 e. The lowest BCUT2D eigenvalue weighted by Crippen LogP contribution is -2.20. The maximum Gasteiger partial charge on any atom is 0.283 e. The van der Waals surface area contributed by atoms with Crippen LogP contribution in [0.25, 0.3) is 0 Å². The third-order valence-electron chi connectivity index (χ3n) is 3.69. The highest BCUT2D eigenvalue weighted by atomic mass is 79.9. The third kappa shape index (κ3) is 4.24. The number of nitrogens with one attached hydrogen (secondary N) is 1. The van der Waals surface area contributed by atoms with Crippen LogP contribution in [-0.2, 0) is 11.3 Å². The summed E-state index contributed by atoms with van der Waals surface area (Å²) in [5, 5.41) is 28.0. The Hall–Kier alpha value is -2.96. The van der Waals surface area contributed by atoms with Gasteiger partial charge in [-0.25, -0.2) is 8.78 Å². The summed E-state index contributed by atoms with van der Waals surface area (Å²) in [4.78, 5) is 32.7. The van der Waals surface area contributed by atoms with Crippen molar-refractivity contribution in [1.29, 1.82) is 0 Å². The molecule has 0 aliphatic heterocycles. The van der Waals surface area contributed by atoms with Crippen LogP contribution < -0.4 is 5.32 Å². The number of hydrogen-bond acceptors (Lipinski definition) is 6. The van der Waals surface area contributed by atoms with Gasteiger partial charge in [-0.2, -0.15) is 5.10 Å². The molecule has 0 spiro atoms. The van der Waals surface area contributed by atoms with Crippen molar-refractivity contribution in [3.05, 3.63) is 53.8 Å². The number of alkyl halides is 2. The van der Waals surface area contributed by atoms with Crippen LogP contribution in [0, 0.1) is 34.1 Å². The van der Waals surface area contributed by atoms with Gasteiger partial charge >= 0.3 is 0 Å². The molecule has 1 heterocycles. The van der Waals surface area contributed by atoms with Gasteiger partial charge < -0.3 is 5.32 Å². The number of hydrogen-bond donors (Lipinski definition) is 1. The van der Waals surface area contributed by atoms with Crippen molar-refractivity contribution in [2.75, 3.05) is 5.32 Å². The zero-order valence-electron chi connectivity index (χ0n) is 13.9. The molecule has 0 atom stereocenters. The van der Waals surface area contributed by atoms with E-state index in [4.69, 9.17) is 0 Å². The first kappa shape index (κ1) is 20.4. The molecular weight excluding hydrogens is 436 g/mol. The smallest absolute Gasteiger partial charge is 0.283 e. The number of nitro benzene ring substituents is 2. The van der Waals surface area contributed by atoms with Gasteiger partial charge in [-0.3, -0.25) is 29.7 Å². The van der Waals surface area contributed by atoms with Gasteiger partial charge in [0.1, 0.15) is 17.8 Å². The summed E-state index contributed by atoms with van der Waals surface area (Å²) >= 11 is 2.97. The Morgan fingerprint density at radius 3 is 2.19 bits per heavy atom. The molecule has 0 radical (unpaired) electrons. The number of nitro groups is 2. The van der Waals surface area contributed by atoms with Gasteiger partial charge in [-0.1, -0.05) is 0 Å². The maximum absolute atomic E-state index is 12.8. The fourth-order valence-corrected chi connectivity index (χ4v) is 2.77.